The zero-order valence-corrected chi connectivity index (χ0v) is 30.7. The maximum absolute atomic E-state index is 11.8. The molecule has 0 spiro atoms. The van der Waals surface area contributed by atoms with Gasteiger partial charge in [-0.1, -0.05) is 65.2 Å². The lowest BCUT2D eigenvalue weighted by Crippen LogP contribution is -2.21. The summed E-state index contributed by atoms with van der Waals surface area (Å²) in [7, 11) is 1.79. The van der Waals surface area contributed by atoms with Crippen molar-refractivity contribution < 1.29 is 23.9 Å². The van der Waals surface area contributed by atoms with Crippen molar-refractivity contribution in [2.24, 2.45) is 29.6 Å². The quantitative estimate of drug-likeness (QED) is 0.141. The van der Waals surface area contributed by atoms with Gasteiger partial charge in [0.15, 0.2) is 5.78 Å². The number of allylic oxidation sites excluding steroid dienone is 2. The molecule has 3 rings (SSSR count). The topological polar surface area (TPSA) is 89.5 Å². The SMILES string of the molecule is C=CC(=O)CCC1CCC(CNc2ccc(C)c(C)c2)CC1.C=CC=O.CC=O.CCC(C)CC(=O)CCC1CCC(COC)CC1. The van der Waals surface area contributed by atoms with Crippen LogP contribution < -0.4 is 5.32 Å². The molecule has 0 radical (unpaired) electrons. The van der Waals surface area contributed by atoms with Crippen molar-refractivity contribution in [3.63, 3.8) is 0 Å². The molecule has 0 amide bonds. The number of hydrogen-bond donors (Lipinski definition) is 1. The predicted octanol–water partition coefficient (Wildman–Crippen LogP) is 9.86. The van der Waals surface area contributed by atoms with Crippen LogP contribution >= 0.6 is 0 Å². The molecule has 0 heterocycles. The van der Waals surface area contributed by atoms with Gasteiger partial charge in [0.1, 0.15) is 18.4 Å². The van der Waals surface area contributed by atoms with Gasteiger partial charge in [-0.2, -0.15) is 0 Å². The molecule has 47 heavy (non-hydrogen) atoms. The van der Waals surface area contributed by atoms with Crippen LogP contribution in [-0.4, -0.2) is 44.4 Å². The molecule has 0 bridgehead atoms. The second-order valence-electron chi connectivity index (χ2n) is 13.5. The van der Waals surface area contributed by atoms with E-state index in [1.54, 1.807) is 7.11 Å². The van der Waals surface area contributed by atoms with E-state index in [1.807, 2.05) is 0 Å². The van der Waals surface area contributed by atoms with E-state index in [0.717, 1.165) is 75.2 Å². The third-order valence-electron chi connectivity index (χ3n) is 9.66. The van der Waals surface area contributed by atoms with Gasteiger partial charge < -0.3 is 14.8 Å². The third-order valence-corrected chi connectivity index (χ3v) is 9.66. The summed E-state index contributed by atoms with van der Waals surface area (Å²) in [6.45, 7) is 18.7. The third kappa shape index (κ3) is 22.4. The van der Waals surface area contributed by atoms with Gasteiger partial charge in [0.2, 0.25) is 0 Å². The average molecular weight is 654 g/mol. The Morgan fingerprint density at radius 1 is 0.894 bits per heavy atom. The second-order valence-corrected chi connectivity index (χ2v) is 13.5. The van der Waals surface area contributed by atoms with Gasteiger partial charge in [0, 0.05) is 45.2 Å². The summed E-state index contributed by atoms with van der Waals surface area (Å²) in [5.74, 6) is 4.30. The van der Waals surface area contributed by atoms with Crippen LogP contribution in [-0.2, 0) is 23.9 Å². The standard InChI is InChI=1S/C20H29NO.C16H30O2.C3H4O.C2H4O/c1-4-20(22)12-10-17-6-8-18(9-7-17)14-21-19-11-5-15(2)16(3)13-19;1-4-13(2)11-16(17)10-9-14-5-7-15(8-6-14)12-18-3;1-2-3-4;1-2-3/h4-5,11,13,17-18,21H,1,6-10,12,14H2,2-3H3;13-15H,4-12H2,1-3H3;2-3H,1H2;2H,1H3. The summed E-state index contributed by atoms with van der Waals surface area (Å²) in [5, 5.41) is 3.59. The zero-order valence-electron chi connectivity index (χ0n) is 30.7. The molecule has 6 nitrogen and oxygen atoms in total. The van der Waals surface area contributed by atoms with Gasteiger partial charge in [-0.15, -0.1) is 0 Å². The second kappa shape index (κ2) is 28.2. The fraction of sp³-hybridized carbons (Fsp3) is 0.659. The van der Waals surface area contributed by atoms with E-state index in [1.165, 1.54) is 87.3 Å². The number of aldehydes is 2. The first-order chi connectivity index (χ1) is 22.6. The Bertz CT molecular complexity index is 1010. The van der Waals surface area contributed by atoms with E-state index < -0.39 is 0 Å². The molecule has 0 saturated heterocycles. The summed E-state index contributed by atoms with van der Waals surface area (Å²) in [4.78, 5) is 41.0. The highest BCUT2D eigenvalue weighted by atomic mass is 16.5. The van der Waals surface area contributed by atoms with E-state index in [4.69, 9.17) is 14.3 Å². The smallest absolute Gasteiger partial charge is 0.155 e. The van der Waals surface area contributed by atoms with E-state index in [-0.39, 0.29) is 5.78 Å². The Kier molecular flexibility index (Phi) is 26.5. The number of aryl methyl sites for hydroxylation is 2. The molecule has 0 aromatic heterocycles. The summed E-state index contributed by atoms with van der Waals surface area (Å²) in [6, 6.07) is 6.60. The Hall–Kier alpha value is -2.86. The number of rotatable bonds is 16. The lowest BCUT2D eigenvalue weighted by Gasteiger charge is -2.28. The van der Waals surface area contributed by atoms with E-state index in [9.17, 15) is 9.59 Å². The number of ether oxygens (including phenoxy) is 1. The molecule has 266 valence electrons. The number of benzene rings is 1. The summed E-state index contributed by atoms with van der Waals surface area (Å²) >= 11 is 0. The van der Waals surface area contributed by atoms with Crippen molar-refractivity contribution in [1.82, 2.24) is 0 Å². The highest BCUT2D eigenvalue weighted by Crippen LogP contribution is 2.33. The first kappa shape index (κ1) is 44.1. The van der Waals surface area contributed by atoms with Crippen molar-refractivity contribution in [3.8, 4) is 0 Å². The molecule has 2 saturated carbocycles. The highest BCUT2D eigenvalue weighted by molar-refractivity contribution is 5.88. The van der Waals surface area contributed by atoms with Crippen LogP contribution in [0.2, 0.25) is 0 Å². The number of hydrogen-bond acceptors (Lipinski definition) is 6. The van der Waals surface area contributed by atoms with Crippen molar-refractivity contribution in [3.05, 3.63) is 54.6 Å². The molecule has 0 aliphatic heterocycles. The lowest BCUT2D eigenvalue weighted by molar-refractivity contribution is -0.120. The molecule has 1 N–H and O–H groups in total. The van der Waals surface area contributed by atoms with Crippen molar-refractivity contribution in [1.29, 1.82) is 0 Å². The fourth-order valence-electron chi connectivity index (χ4n) is 6.21. The Balaban J connectivity index is 0.000000762. The lowest BCUT2D eigenvalue weighted by atomic mass is 9.79. The molecule has 1 unspecified atom stereocenters. The number of nitrogens with one attached hydrogen (secondary N) is 1. The van der Waals surface area contributed by atoms with Crippen LogP contribution in [0, 0.1) is 43.4 Å². The molecule has 2 fully saturated rings. The largest absolute Gasteiger partial charge is 0.385 e. The Labute approximate surface area is 287 Å². The van der Waals surface area contributed by atoms with E-state index >= 15 is 0 Å². The van der Waals surface area contributed by atoms with Gasteiger partial charge in [0.05, 0.1) is 0 Å². The first-order valence-electron chi connectivity index (χ1n) is 18.0. The number of Topliss-reactive ketones (excluding diaryl/α,β-unsaturated/α-hetero) is 1. The van der Waals surface area contributed by atoms with Crippen LogP contribution in [0.4, 0.5) is 5.69 Å². The molecule has 1 atom stereocenters. The fourth-order valence-corrected chi connectivity index (χ4v) is 6.21. The van der Waals surface area contributed by atoms with Gasteiger partial charge in [-0.3, -0.25) is 14.4 Å². The first-order valence-corrected chi connectivity index (χ1v) is 18.0. The van der Waals surface area contributed by atoms with Gasteiger partial charge in [-0.25, -0.2) is 0 Å². The Morgan fingerprint density at radius 3 is 1.87 bits per heavy atom. The molecular formula is C41H67NO5. The Morgan fingerprint density at radius 2 is 1.40 bits per heavy atom. The van der Waals surface area contributed by atoms with Gasteiger partial charge in [0.25, 0.3) is 0 Å². The molecule has 1 aromatic rings. The average Bonchev–Trinajstić information content (AvgIpc) is 3.08. The maximum atomic E-state index is 11.8. The number of carbonyl (C=O) groups excluding carboxylic acids is 4. The molecular weight excluding hydrogens is 586 g/mol. The van der Waals surface area contributed by atoms with Crippen LogP contribution in [0.15, 0.2) is 43.5 Å². The predicted molar refractivity (Wildman–Crippen MR) is 198 cm³/mol. The molecule has 2 aliphatic carbocycles. The summed E-state index contributed by atoms with van der Waals surface area (Å²) < 4.78 is 5.22. The maximum Gasteiger partial charge on any atom is 0.155 e. The van der Waals surface area contributed by atoms with Crippen molar-refractivity contribution in [2.45, 2.75) is 125 Å². The summed E-state index contributed by atoms with van der Waals surface area (Å²) in [6.07, 6.45) is 19.9. The van der Waals surface area contributed by atoms with Gasteiger partial charge >= 0.3 is 0 Å². The number of methoxy groups -OCH3 is 1. The minimum Gasteiger partial charge on any atom is -0.385 e. The molecule has 2 aliphatic rings. The minimum absolute atomic E-state index is 0.193. The van der Waals surface area contributed by atoms with Crippen molar-refractivity contribution in [2.75, 3.05) is 25.6 Å². The zero-order chi connectivity index (χ0) is 35.5. The van der Waals surface area contributed by atoms with Crippen LogP contribution in [0.25, 0.3) is 0 Å². The van der Waals surface area contributed by atoms with Crippen LogP contribution in [0.5, 0.6) is 0 Å². The molecule has 6 heteroatoms. The summed E-state index contributed by atoms with van der Waals surface area (Å²) in [5.41, 5.74) is 3.93. The number of anilines is 1. The van der Waals surface area contributed by atoms with Crippen molar-refractivity contribution >= 4 is 29.8 Å². The monoisotopic (exact) mass is 654 g/mol. The van der Waals surface area contributed by atoms with Gasteiger partial charge in [-0.05, 0) is 124 Å². The van der Waals surface area contributed by atoms with E-state index in [0.29, 0.717) is 24.4 Å². The number of ketones is 2. The molecule has 1 aromatic carbocycles. The van der Waals surface area contributed by atoms with Crippen LogP contribution in [0.1, 0.15) is 122 Å². The van der Waals surface area contributed by atoms with Crippen LogP contribution in [0.3, 0.4) is 0 Å². The number of carbonyl (C=O) groups is 4. The minimum atomic E-state index is 0.193. The highest BCUT2D eigenvalue weighted by Gasteiger charge is 2.22. The van der Waals surface area contributed by atoms with E-state index in [2.05, 4.69) is 64.4 Å². The normalized spacial score (nSPS) is 20.6.